The topological polar surface area (TPSA) is 169 Å². The molecule has 6 atom stereocenters. The lowest BCUT2D eigenvalue weighted by Crippen LogP contribution is -2.37. The van der Waals surface area contributed by atoms with Crippen LogP contribution in [0.3, 0.4) is 0 Å². The lowest BCUT2D eigenvalue weighted by molar-refractivity contribution is -0.870. The average molecular weight is 940 g/mol. The summed E-state index contributed by atoms with van der Waals surface area (Å²) < 4.78 is 34.0. The Morgan fingerprint density at radius 1 is 0.723 bits per heavy atom. The predicted molar refractivity (Wildman–Crippen MR) is 260 cm³/mol. The van der Waals surface area contributed by atoms with Crippen molar-refractivity contribution in [3.63, 3.8) is 0 Å². The van der Waals surface area contributed by atoms with Crippen LogP contribution >= 0.6 is 7.82 Å². The molecule has 13 heteroatoms. The maximum Gasteiger partial charge on any atom is 0.306 e. The Bertz CT molecular complexity index is 1360. The van der Waals surface area contributed by atoms with E-state index in [0.717, 1.165) is 38.5 Å². The second kappa shape index (κ2) is 38.8. The van der Waals surface area contributed by atoms with Crippen LogP contribution in [0.2, 0.25) is 0 Å². The van der Waals surface area contributed by atoms with Crippen molar-refractivity contribution in [3.05, 3.63) is 36.5 Å². The van der Waals surface area contributed by atoms with Crippen LogP contribution in [0, 0.1) is 11.8 Å². The molecule has 0 aromatic rings. The van der Waals surface area contributed by atoms with Gasteiger partial charge >= 0.3 is 11.9 Å². The third-order valence-electron chi connectivity index (χ3n) is 12.0. The zero-order chi connectivity index (χ0) is 48.0. The molecule has 0 radical (unpaired) electrons. The van der Waals surface area contributed by atoms with Crippen molar-refractivity contribution in [2.24, 2.45) is 11.8 Å². The predicted octanol–water partition coefficient (Wildman–Crippen LogP) is 11.2. The van der Waals surface area contributed by atoms with Gasteiger partial charge in [0, 0.05) is 31.1 Å². The van der Waals surface area contributed by atoms with Crippen LogP contribution < -0.4 is 4.89 Å². The summed E-state index contributed by atoms with van der Waals surface area (Å²) in [6, 6.07) is 0. The minimum atomic E-state index is -4.70. The van der Waals surface area contributed by atoms with Gasteiger partial charge in [0.2, 0.25) is 0 Å². The Labute approximate surface area is 395 Å². The molecule has 0 saturated heterocycles. The number of unbranched alkanes of at least 4 members (excludes halogenated alkanes) is 20. The first-order chi connectivity index (χ1) is 31.2. The minimum Gasteiger partial charge on any atom is -0.756 e. The van der Waals surface area contributed by atoms with Crippen molar-refractivity contribution in [1.82, 2.24) is 0 Å². The number of nitrogens with zero attached hydrogens (tertiary/aromatic N) is 1. The van der Waals surface area contributed by atoms with Gasteiger partial charge < -0.3 is 38.1 Å². The van der Waals surface area contributed by atoms with Gasteiger partial charge in [-0.25, -0.2) is 0 Å². The number of ether oxygens (including phenoxy) is 2. The number of carbonyl (C=O) groups excluding carboxylic acids is 3. The Balaban J connectivity index is 2.39. The third-order valence-corrected chi connectivity index (χ3v) is 13.0. The molecule has 0 amide bonds. The van der Waals surface area contributed by atoms with E-state index in [2.05, 4.69) is 26.0 Å². The first kappa shape index (κ1) is 60.8. The van der Waals surface area contributed by atoms with Crippen LogP contribution in [0.5, 0.6) is 0 Å². The number of Topliss-reactive ketones (excluding diaryl/α,β-unsaturated/α-hetero) is 1. The van der Waals surface area contributed by atoms with Gasteiger partial charge in [0.25, 0.3) is 7.82 Å². The molecule has 0 aliphatic heterocycles. The number of hydrogen-bond acceptors (Lipinski definition) is 11. The maximum atomic E-state index is 12.8. The SMILES string of the molecule is CCCCCCCC/C=C\CCCCCCCCCCCCCC(=O)O[C@H](COC(=O)CCC/C=C\C[C@H]1C(=O)C[C@@H](O)[C@@H]1/C=C/[C@@H](O)CCCCC)COP(=O)([O-])OCC[N+](C)(C)C. The van der Waals surface area contributed by atoms with E-state index in [1.54, 1.807) is 12.2 Å². The van der Waals surface area contributed by atoms with Crippen LogP contribution in [-0.4, -0.2) is 98.2 Å². The maximum absolute atomic E-state index is 12.8. The number of carbonyl (C=O) groups is 3. The molecular weight excluding hydrogens is 846 g/mol. The molecular formula is C52H94NO11P. The van der Waals surface area contributed by atoms with Gasteiger partial charge in [0.15, 0.2) is 6.10 Å². The summed E-state index contributed by atoms with van der Waals surface area (Å²) in [6.07, 6.45) is 38.2. The molecule has 0 aromatic heterocycles. The molecule has 0 spiro atoms. The molecule has 1 unspecified atom stereocenters. The molecule has 1 aliphatic carbocycles. The van der Waals surface area contributed by atoms with Crippen LogP contribution in [0.15, 0.2) is 36.5 Å². The second-order valence-corrected chi connectivity index (χ2v) is 20.7. The smallest absolute Gasteiger partial charge is 0.306 e. The summed E-state index contributed by atoms with van der Waals surface area (Å²) in [7, 11) is 1.02. The van der Waals surface area contributed by atoms with E-state index in [-0.39, 0.29) is 50.1 Å². The number of aliphatic hydroxyl groups excluding tert-OH is 2. The van der Waals surface area contributed by atoms with Crippen molar-refractivity contribution < 1.29 is 57.1 Å². The third kappa shape index (κ3) is 35.6. The quantitative estimate of drug-likeness (QED) is 0.0196. The van der Waals surface area contributed by atoms with Crippen LogP contribution in [0.1, 0.15) is 200 Å². The van der Waals surface area contributed by atoms with Gasteiger partial charge in [0.05, 0.1) is 40.0 Å². The molecule has 378 valence electrons. The lowest BCUT2D eigenvalue weighted by Gasteiger charge is -2.28. The molecule has 12 nitrogen and oxygen atoms in total. The second-order valence-electron chi connectivity index (χ2n) is 19.3. The van der Waals surface area contributed by atoms with E-state index >= 15 is 0 Å². The van der Waals surface area contributed by atoms with E-state index in [4.69, 9.17) is 18.5 Å². The van der Waals surface area contributed by atoms with E-state index in [1.165, 1.54) is 96.3 Å². The fourth-order valence-corrected chi connectivity index (χ4v) is 8.60. The van der Waals surface area contributed by atoms with E-state index in [0.29, 0.717) is 43.1 Å². The highest BCUT2D eigenvalue weighted by Gasteiger charge is 2.39. The number of quaternary nitrogens is 1. The summed E-state index contributed by atoms with van der Waals surface area (Å²) in [4.78, 5) is 50.5. The monoisotopic (exact) mass is 940 g/mol. The van der Waals surface area contributed by atoms with Crippen LogP contribution in [0.25, 0.3) is 0 Å². The van der Waals surface area contributed by atoms with Gasteiger partial charge in [-0.3, -0.25) is 18.9 Å². The van der Waals surface area contributed by atoms with Gasteiger partial charge in [-0.15, -0.1) is 0 Å². The minimum absolute atomic E-state index is 0.00120. The molecule has 0 bridgehead atoms. The molecule has 0 aromatic carbocycles. The number of ketones is 1. The Morgan fingerprint density at radius 3 is 1.85 bits per heavy atom. The summed E-state index contributed by atoms with van der Waals surface area (Å²) >= 11 is 0. The zero-order valence-electron chi connectivity index (χ0n) is 41.6. The molecule has 65 heavy (non-hydrogen) atoms. The van der Waals surface area contributed by atoms with Crippen LogP contribution in [-0.2, 0) is 37.5 Å². The molecule has 1 aliphatic rings. The average Bonchev–Trinajstić information content (AvgIpc) is 3.52. The number of phosphoric ester groups is 1. The highest BCUT2D eigenvalue weighted by atomic mass is 31.2. The number of hydrogen-bond donors (Lipinski definition) is 2. The largest absolute Gasteiger partial charge is 0.756 e. The van der Waals surface area contributed by atoms with Crippen molar-refractivity contribution >= 4 is 25.5 Å². The highest BCUT2D eigenvalue weighted by Crippen LogP contribution is 2.38. The van der Waals surface area contributed by atoms with Crippen molar-refractivity contribution in [3.8, 4) is 0 Å². The van der Waals surface area contributed by atoms with E-state index < -0.39 is 44.7 Å². The lowest BCUT2D eigenvalue weighted by atomic mass is 9.90. The van der Waals surface area contributed by atoms with Crippen molar-refractivity contribution in [1.29, 1.82) is 0 Å². The molecule has 1 rings (SSSR count). The number of likely N-dealkylation sites (N-methyl/N-ethyl adjacent to an activating group) is 1. The summed E-state index contributed by atoms with van der Waals surface area (Å²) in [5.74, 6) is -1.74. The molecule has 1 fully saturated rings. The Kier molecular flexibility index (Phi) is 36.3. The van der Waals surface area contributed by atoms with Gasteiger partial charge in [0.1, 0.15) is 25.5 Å². The number of allylic oxidation sites excluding steroid dienone is 4. The Morgan fingerprint density at radius 2 is 1.25 bits per heavy atom. The fraction of sp³-hybridized carbons (Fsp3) is 0.827. The van der Waals surface area contributed by atoms with Gasteiger partial charge in [-0.2, -0.15) is 0 Å². The van der Waals surface area contributed by atoms with Crippen molar-refractivity contribution in [2.45, 2.75) is 218 Å². The van der Waals surface area contributed by atoms with E-state index in [9.17, 15) is 34.1 Å². The standard InChI is InChI=1S/C52H94NO11P/c1-6-8-10-11-12-13-14-15-16-17-18-19-20-21-22-23-24-25-26-27-33-37-52(58)64-46(44-63-65(59,60)62-41-40-53(3,4)5)43-61-51(57)36-32-29-28-31-35-47-48(50(56)42-49(47)55)39-38-45(54)34-30-9-7-2/h15-16,28,31,38-39,45-48,50,54,56H,6-14,17-27,29-30,32-37,40-44H2,1-5H3/b16-15-,31-28-,39-38+/t45-,46+,47+,48+,50+/m0/s1. The first-order valence-corrected chi connectivity index (χ1v) is 27.3. The highest BCUT2D eigenvalue weighted by molar-refractivity contribution is 7.45. The van der Waals surface area contributed by atoms with Crippen LogP contribution in [0.4, 0.5) is 0 Å². The van der Waals surface area contributed by atoms with E-state index in [1.807, 2.05) is 33.3 Å². The zero-order valence-corrected chi connectivity index (χ0v) is 42.5. The number of aliphatic hydroxyl groups is 2. The molecule has 1 saturated carbocycles. The Hall–Kier alpha value is -2.18. The molecule has 0 heterocycles. The van der Waals surface area contributed by atoms with Gasteiger partial charge in [-0.05, 0) is 57.8 Å². The first-order valence-electron chi connectivity index (χ1n) is 25.8. The number of rotatable bonds is 43. The normalized spacial score (nSPS) is 18.8. The number of phosphoric acid groups is 1. The summed E-state index contributed by atoms with van der Waals surface area (Å²) in [5, 5.41) is 20.7. The van der Waals surface area contributed by atoms with Crippen molar-refractivity contribution in [2.75, 3.05) is 47.5 Å². The number of esters is 2. The summed E-state index contributed by atoms with van der Waals surface area (Å²) in [6.45, 7) is 3.83. The molecule has 2 N–H and O–H groups in total. The fourth-order valence-electron chi connectivity index (χ4n) is 7.87. The van der Waals surface area contributed by atoms with Gasteiger partial charge in [-0.1, -0.05) is 159 Å². The summed E-state index contributed by atoms with van der Waals surface area (Å²) in [5.41, 5.74) is 0.